The maximum atomic E-state index is 5.43. The summed E-state index contributed by atoms with van der Waals surface area (Å²) in [5.41, 5.74) is 3.05. The molecule has 160 valence electrons. The Morgan fingerprint density at radius 3 is 2.83 bits per heavy atom. The smallest absolute Gasteiger partial charge is 0.158 e. The monoisotopic (exact) mass is 425 g/mol. The van der Waals surface area contributed by atoms with Gasteiger partial charge in [0.15, 0.2) is 5.84 Å². The van der Waals surface area contributed by atoms with Crippen molar-refractivity contribution in [3.8, 4) is 0 Å². The number of rotatable bonds is 5. The number of benzene rings is 1. The van der Waals surface area contributed by atoms with E-state index in [4.69, 9.17) is 14.7 Å². The molecule has 0 unspecified atom stereocenters. The number of methoxy groups -OCH3 is 1. The number of ether oxygens (including phenoxy) is 1. The number of fused-ring (bicyclic) bond motifs is 2. The lowest BCUT2D eigenvalue weighted by molar-refractivity contribution is 0.0746. The molecule has 3 heterocycles. The number of thiazole rings is 1. The molecule has 1 aliphatic carbocycles. The maximum absolute atomic E-state index is 5.43. The third-order valence-electron chi connectivity index (χ3n) is 6.23. The van der Waals surface area contributed by atoms with Crippen LogP contribution in [0.3, 0.4) is 0 Å². The van der Waals surface area contributed by atoms with Gasteiger partial charge in [-0.25, -0.2) is 9.98 Å². The average molecular weight is 426 g/mol. The van der Waals surface area contributed by atoms with Crippen molar-refractivity contribution in [2.24, 2.45) is 4.99 Å². The van der Waals surface area contributed by atoms with Gasteiger partial charge < -0.3 is 15.0 Å². The lowest BCUT2D eigenvalue weighted by Gasteiger charge is -2.42. The molecule has 0 spiro atoms. The van der Waals surface area contributed by atoms with Crippen LogP contribution < -0.4 is 5.32 Å². The minimum atomic E-state index is 0.404. The van der Waals surface area contributed by atoms with E-state index in [9.17, 15) is 0 Å². The van der Waals surface area contributed by atoms with Gasteiger partial charge in [0.1, 0.15) is 10.7 Å². The van der Waals surface area contributed by atoms with Crippen molar-refractivity contribution >= 4 is 33.5 Å². The van der Waals surface area contributed by atoms with Crippen molar-refractivity contribution in [2.45, 2.75) is 51.1 Å². The van der Waals surface area contributed by atoms with Crippen molar-refractivity contribution in [3.05, 3.63) is 35.0 Å². The molecular weight excluding hydrogens is 394 g/mol. The molecule has 3 aliphatic rings. The fraction of sp³-hybridized carbons (Fsp3) is 0.565. The summed E-state index contributed by atoms with van der Waals surface area (Å²) < 4.78 is 5.43. The molecule has 2 aliphatic heterocycles. The summed E-state index contributed by atoms with van der Waals surface area (Å²) >= 11 is 1.76. The fourth-order valence-electron chi connectivity index (χ4n) is 4.47. The van der Waals surface area contributed by atoms with Gasteiger partial charge in [0.05, 0.1) is 16.4 Å². The van der Waals surface area contributed by atoms with E-state index in [0.29, 0.717) is 12.0 Å². The molecule has 1 aromatic heterocycles. The largest absolute Gasteiger partial charge is 0.385 e. The van der Waals surface area contributed by atoms with E-state index >= 15 is 0 Å². The Morgan fingerprint density at radius 1 is 1.23 bits per heavy atom. The number of hydrogen-bond acceptors (Lipinski definition) is 7. The van der Waals surface area contributed by atoms with Crippen LogP contribution in [0.4, 0.5) is 16.4 Å². The normalized spacial score (nSPS) is 21.7. The second kappa shape index (κ2) is 8.29. The number of anilines is 2. The standard InChI is InChI=1S/C23H31N5OS/c1-15(2)22-26-20-21(24-18-6-4-5-7-19(18)25-23(20)30-22)27-11-12-28(16-8-9-16)17(14-27)10-13-29-3/h4-7,15-17,25H,8-14H2,1-3H3/t17-/m0/s1. The lowest BCUT2D eigenvalue weighted by atomic mass is 10.1. The van der Waals surface area contributed by atoms with Gasteiger partial charge in [0.2, 0.25) is 0 Å². The van der Waals surface area contributed by atoms with E-state index < -0.39 is 0 Å². The molecule has 2 fully saturated rings. The van der Waals surface area contributed by atoms with E-state index in [-0.39, 0.29) is 0 Å². The Bertz CT molecular complexity index is 935. The van der Waals surface area contributed by atoms with Crippen LogP contribution in [-0.4, -0.2) is 66.1 Å². The topological polar surface area (TPSA) is 53.0 Å². The fourth-order valence-corrected chi connectivity index (χ4v) is 5.44. The second-order valence-corrected chi connectivity index (χ2v) is 9.84. The number of aromatic nitrogens is 1. The molecule has 0 bridgehead atoms. The molecule has 1 saturated carbocycles. The molecule has 7 heteroatoms. The molecule has 30 heavy (non-hydrogen) atoms. The van der Waals surface area contributed by atoms with E-state index in [0.717, 1.165) is 71.6 Å². The Kier molecular flexibility index (Phi) is 5.52. The van der Waals surface area contributed by atoms with Gasteiger partial charge in [-0.05, 0) is 31.4 Å². The summed E-state index contributed by atoms with van der Waals surface area (Å²) in [6.07, 6.45) is 3.75. The van der Waals surface area contributed by atoms with Crippen LogP contribution in [0.25, 0.3) is 0 Å². The molecule has 0 radical (unpaired) electrons. The first-order chi connectivity index (χ1) is 14.6. The SMILES string of the molecule is COCC[C@H]1CN(C2=Nc3ccccc3Nc3sc(C(C)C)nc32)CCN1C1CC1. The van der Waals surface area contributed by atoms with Crippen LogP contribution >= 0.6 is 11.3 Å². The zero-order valence-corrected chi connectivity index (χ0v) is 18.9. The quantitative estimate of drug-likeness (QED) is 0.760. The third kappa shape index (κ3) is 3.86. The van der Waals surface area contributed by atoms with Gasteiger partial charge in [-0.2, -0.15) is 0 Å². The molecule has 1 aromatic carbocycles. The number of nitrogens with zero attached hydrogens (tertiary/aromatic N) is 4. The summed E-state index contributed by atoms with van der Waals surface area (Å²) in [5, 5.41) is 5.89. The summed E-state index contributed by atoms with van der Waals surface area (Å²) in [6, 6.07) is 9.59. The van der Waals surface area contributed by atoms with Gasteiger partial charge >= 0.3 is 0 Å². The third-order valence-corrected chi connectivity index (χ3v) is 7.50. The molecule has 5 rings (SSSR count). The van der Waals surface area contributed by atoms with E-state index in [1.54, 1.807) is 18.4 Å². The van der Waals surface area contributed by atoms with E-state index in [1.165, 1.54) is 12.8 Å². The van der Waals surface area contributed by atoms with Crippen LogP contribution in [0.2, 0.25) is 0 Å². The van der Waals surface area contributed by atoms with E-state index in [1.807, 2.05) is 0 Å². The van der Waals surface area contributed by atoms with Gasteiger partial charge in [-0.15, -0.1) is 11.3 Å². The highest BCUT2D eigenvalue weighted by molar-refractivity contribution is 7.16. The number of nitrogens with one attached hydrogen (secondary N) is 1. The number of amidine groups is 1. The molecule has 1 saturated heterocycles. The summed E-state index contributed by atoms with van der Waals surface area (Å²) in [5.74, 6) is 1.42. The summed E-state index contributed by atoms with van der Waals surface area (Å²) in [7, 11) is 1.80. The Balaban J connectivity index is 1.50. The van der Waals surface area contributed by atoms with Crippen LogP contribution in [-0.2, 0) is 4.74 Å². The summed E-state index contributed by atoms with van der Waals surface area (Å²) in [4.78, 5) is 15.4. The minimum Gasteiger partial charge on any atom is -0.385 e. The average Bonchev–Trinajstić information content (AvgIpc) is 3.53. The van der Waals surface area contributed by atoms with Crippen molar-refractivity contribution in [2.75, 3.05) is 38.7 Å². The van der Waals surface area contributed by atoms with Gasteiger partial charge in [-0.1, -0.05) is 26.0 Å². The number of para-hydroxylation sites is 2. The molecular formula is C23H31N5OS. The second-order valence-electron chi connectivity index (χ2n) is 8.81. The van der Waals surface area contributed by atoms with Crippen molar-refractivity contribution in [1.29, 1.82) is 0 Å². The number of aliphatic imine (C=N–C) groups is 1. The van der Waals surface area contributed by atoms with Crippen molar-refractivity contribution in [3.63, 3.8) is 0 Å². The lowest BCUT2D eigenvalue weighted by Crippen LogP contribution is -2.55. The van der Waals surface area contributed by atoms with Crippen LogP contribution in [0.5, 0.6) is 0 Å². The Hall–Kier alpha value is -1.96. The number of hydrogen-bond donors (Lipinski definition) is 1. The highest BCUT2D eigenvalue weighted by Gasteiger charge is 2.39. The maximum Gasteiger partial charge on any atom is 0.158 e. The van der Waals surface area contributed by atoms with Crippen LogP contribution in [0.15, 0.2) is 29.3 Å². The Labute approximate surface area is 183 Å². The summed E-state index contributed by atoms with van der Waals surface area (Å²) in [6.45, 7) is 8.28. The first-order valence-electron chi connectivity index (χ1n) is 11.1. The molecule has 2 aromatic rings. The van der Waals surface area contributed by atoms with Crippen LogP contribution in [0, 0.1) is 0 Å². The van der Waals surface area contributed by atoms with E-state index in [2.05, 4.69) is 53.2 Å². The zero-order valence-electron chi connectivity index (χ0n) is 18.1. The highest BCUT2D eigenvalue weighted by Crippen LogP contribution is 2.40. The predicted molar refractivity (Wildman–Crippen MR) is 124 cm³/mol. The zero-order chi connectivity index (χ0) is 20.7. The molecule has 1 N–H and O–H groups in total. The van der Waals surface area contributed by atoms with Gasteiger partial charge in [-0.3, -0.25) is 4.90 Å². The molecule has 0 amide bonds. The minimum absolute atomic E-state index is 0.404. The van der Waals surface area contributed by atoms with Gasteiger partial charge in [0.25, 0.3) is 0 Å². The van der Waals surface area contributed by atoms with Crippen molar-refractivity contribution in [1.82, 2.24) is 14.8 Å². The first kappa shape index (κ1) is 20.0. The first-order valence-corrected chi connectivity index (χ1v) is 11.9. The number of piperazine rings is 1. The van der Waals surface area contributed by atoms with Crippen LogP contribution in [0.1, 0.15) is 49.7 Å². The van der Waals surface area contributed by atoms with Gasteiger partial charge in [0, 0.05) is 51.4 Å². The molecule has 1 atom stereocenters. The van der Waals surface area contributed by atoms with Crippen molar-refractivity contribution < 1.29 is 4.74 Å². The Morgan fingerprint density at radius 2 is 2.07 bits per heavy atom. The molecule has 6 nitrogen and oxygen atoms in total. The predicted octanol–water partition coefficient (Wildman–Crippen LogP) is 4.59. The highest BCUT2D eigenvalue weighted by atomic mass is 32.1.